The first-order valence-electron chi connectivity index (χ1n) is 12.5. The van der Waals surface area contributed by atoms with Crippen LogP contribution in [-0.4, -0.2) is 66.1 Å². The fourth-order valence-electron chi connectivity index (χ4n) is 4.65. The Bertz CT molecular complexity index is 1440. The van der Waals surface area contributed by atoms with E-state index in [1.807, 2.05) is 32.1 Å². The Hall–Kier alpha value is -4.23. The molecule has 0 bridgehead atoms. The summed E-state index contributed by atoms with van der Waals surface area (Å²) in [6.07, 6.45) is 1.68. The van der Waals surface area contributed by atoms with Crippen LogP contribution in [0.25, 0.3) is 5.70 Å². The van der Waals surface area contributed by atoms with Crippen molar-refractivity contribution in [2.24, 2.45) is 0 Å². The number of hydrazine groups is 2. The van der Waals surface area contributed by atoms with Gasteiger partial charge in [-0.25, -0.2) is 14.4 Å². The molecule has 210 valence electrons. The van der Waals surface area contributed by atoms with E-state index >= 15 is 4.39 Å². The Morgan fingerprint density at radius 1 is 1.00 bits per heavy atom. The number of alkyl halides is 3. The summed E-state index contributed by atoms with van der Waals surface area (Å²) in [5, 5.41) is 6.20. The molecule has 0 aliphatic carbocycles. The predicted molar refractivity (Wildman–Crippen MR) is 144 cm³/mol. The molecule has 0 unspecified atom stereocenters. The number of hydrogen-bond donors (Lipinski definition) is 2. The van der Waals surface area contributed by atoms with Gasteiger partial charge in [-0.15, -0.1) is 5.53 Å². The molecule has 0 spiro atoms. The summed E-state index contributed by atoms with van der Waals surface area (Å²) >= 11 is 0. The molecule has 1 aromatic heterocycles. The van der Waals surface area contributed by atoms with Gasteiger partial charge >= 0.3 is 6.18 Å². The molecule has 1 saturated heterocycles. The van der Waals surface area contributed by atoms with Crippen LogP contribution in [-0.2, 0) is 6.18 Å². The van der Waals surface area contributed by atoms with Crippen molar-refractivity contribution < 1.29 is 22.4 Å². The number of hydrogen-bond acceptors (Lipinski definition) is 8. The van der Waals surface area contributed by atoms with Crippen molar-refractivity contribution in [2.45, 2.75) is 13.1 Å². The zero-order chi connectivity index (χ0) is 28.6. The molecule has 13 heteroatoms. The van der Waals surface area contributed by atoms with E-state index in [-0.39, 0.29) is 11.3 Å². The average Bonchev–Trinajstić information content (AvgIpc) is 3.31. The van der Waals surface area contributed by atoms with E-state index in [1.54, 1.807) is 45.5 Å². The first-order valence-corrected chi connectivity index (χ1v) is 12.5. The summed E-state index contributed by atoms with van der Waals surface area (Å²) < 4.78 is 56.3. The molecule has 40 heavy (non-hydrogen) atoms. The highest BCUT2D eigenvalue weighted by molar-refractivity contribution is 6.05. The summed E-state index contributed by atoms with van der Waals surface area (Å²) in [6, 6.07) is 6.89. The van der Waals surface area contributed by atoms with Crippen molar-refractivity contribution in [1.82, 2.24) is 25.4 Å². The van der Waals surface area contributed by atoms with Gasteiger partial charge < -0.3 is 15.1 Å². The first kappa shape index (κ1) is 27.3. The van der Waals surface area contributed by atoms with Crippen LogP contribution >= 0.6 is 0 Å². The third-order valence-electron chi connectivity index (χ3n) is 6.92. The quantitative estimate of drug-likeness (QED) is 0.455. The van der Waals surface area contributed by atoms with E-state index in [0.29, 0.717) is 43.6 Å². The van der Waals surface area contributed by atoms with Gasteiger partial charge in [-0.1, -0.05) is 6.07 Å². The van der Waals surface area contributed by atoms with Crippen LogP contribution in [0, 0.1) is 12.7 Å². The van der Waals surface area contributed by atoms with Gasteiger partial charge in [0.05, 0.1) is 22.6 Å². The Labute approximate surface area is 228 Å². The Balaban J connectivity index is 1.43. The molecule has 2 aromatic carbocycles. The number of nitrogens with one attached hydrogen (secondary N) is 2. The summed E-state index contributed by atoms with van der Waals surface area (Å²) in [5.41, 5.74) is 4.72. The number of carbonyl (C=O) groups excluding carboxylic acids is 1. The summed E-state index contributed by atoms with van der Waals surface area (Å²) in [6.45, 7) is 3.71. The van der Waals surface area contributed by atoms with Gasteiger partial charge in [-0.05, 0) is 43.8 Å². The zero-order valence-electron chi connectivity index (χ0n) is 22.1. The number of likely N-dealkylation sites (N-methyl/N-ethyl adjacent to an activating group) is 1. The molecule has 2 aliphatic rings. The van der Waals surface area contributed by atoms with Crippen LogP contribution in [0.1, 0.15) is 27.0 Å². The Morgan fingerprint density at radius 3 is 2.38 bits per heavy atom. The van der Waals surface area contributed by atoms with Crippen LogP contribution < -0.4 is 20.8 Å². The molecule has 3 aromatic rings. The number of carbonyl (C=O) groups is 1. The minimum atomic E-state index is -4.96. The lowest BCUT2D eigenvalue weighted by Gasteiger charge is -2.34. The van der Waals surface area contributed by atoms with Gasteiger partial charge in [0.25, 0.3) is 5.91 Å². The Kier molecular flexibility index (Phi) is 7.34. The maximum atomic E-state index is 15.0. The monoisotopic (exact) mass is 556 g/mol. The fraction of sp³-hybridized carbons (Fsp3) is 0.296. The van der Waals surface area contributed by atoms with Crippen molar-refractivity contribution in [2.75, 3.05) is 55.5 Å². The number of aryl methyl sites for hydroxylation is 1. The standard InChI is InChI=1S/C27H28F4N8O/c1-17-4-5-20(12-22(17)39-15-24(37(3)35-39)19-13-32-16-33-14-19)34-26(40)18-10-21(27(29,30)31)25(28)23(11-18)38-8-6-36(2)7-9-38/h4-5,10-16,35H,6-9H2,1-3H3,(H,34,40). The van der Waals surface area contributed by atoms with Crippen molar-refractivity contribution >= 4 is 28.7 Å². The topological polar surface area (TPSA) is 79.9 Å². The number of piperazine rings is 1. The minimum absolute atomic E-state index is 0.232. The maximum absolute atomic E-state index is 15.0. The molecule has 2 N–H and O–H groups in total. The molecule has 0 radical (unpaired) electrons. The predicted octanol–water partition coefficient (Wildman–Crippen LogP) is 4.12. The molecule has 1 fully saturated rings. The second-order valence-electron chi connectivity index (χ2n) is 9.77. The van der Waals surface area contributed by atoms with Gasteiger partial charge in [0, 0.05) is 68.6 Å². The van der Waals surface area contributed by atoms with Crippen molar-refractivity contribution in [3.8, 4) is 0 Å². The number of rotatable bonds is 5. The molecule has 0 saturated carbocycles. The maximum Gasteiger partial charge on any atom is 0.419 e. The van der Waals surface area contributed by atoms with Gasteiger partial charge in [0.1, 0.15) is 6.33 Å². The SMILES string of the molecule is Cc1ccc(NC(=O)c2cc(N3CCN(C)CC3)c(F)c(C(F)(F)F)c2)cc1N1C=C(c2cncnc2)N(C)N1. The number of nitrogens with zero attached hydrogens (tertiary/aromatic N) is 6. The molecule has 0 atom stereocenters. The highest BCUT2D eigenvalue weighted by atomic mass is 19.4. The number of halogens is 4. The normalized spacial score (nSPS) is 16.4. The first-order chi connectivity index (χ1) is 19.0. The molecule has 9 nitrogen and oxygen atoms in total. The second kappa shape index (κ2) is 10.7. The highest BCUT2D eigenvalue weighted by Gasteiger charge is 2.37. The molecule has 5 rings (SSSR count). The number of amides is 1. The van der Waals surface area contributed by atoms with Crippen LogP contribution in [0.15, 0.2) is 55.3 Å². The van der Waals surface area contributed by atoms with Crippen LogP contribution in [0.4, 0.5) is 34.6 Å². The van der Waals surface area contributed by atoms with Crippen molar-refractivity contribution in [3.05, 3.63) is 83.3 Å². The van der Waals surface area contributed by atoms with Crippen molar-refractivity contribution in [3.63, 3.8) is 0 Å². The van der Waals surface area contributed by atoms with E-state index in [4.69, 9.17) is 0 Å². The number of anilines is 3. The summed E-state index contributed by atoms with van der Waals surface area (Å²) in [4.78, 5) is 24.9. The van der Waals surface area contributed by atoms with E-state index in [2.05, 4.69) is 20.8 Å². The van der Waals surface area contributed by atoms with Gasteiger partial charge in [0.15, 0.2) is 5.82 Å². The molecular formula is C27H28F4N8O. The number of aromatic nitrogens is 2. The molecule has 1 amide bonds. The average molecular weight is 557 g/mol. The Morgan fingerprint density at radius 2 is 1.70 bits per heavy atom. The van der Waals surface area contributed by atoms with Gasteiger partial charge in [-0.2, -0.15) is 13.2 Å². The minimum Gasteiger partial charge on any atom is -0.367 e. The van der Waals surface area contributed by atoms with E-state index in [1.165, 1.54) is 12.4 Å². The number of benzene rings is 2. The van der Waals surface area contributed by atoms with E-state index in [9.17, 15) is 18.0 Å². The summed E-state index contributed by atoms with van der Waals surface area (Å²) in [5.74, 6) is -2.15. The third-order valence-corrected chi connectivity index (χ3v) is 6.92. The molecule has 3 heterocycles. The zero-order valence-corrected chi connectivity index (χ0v) is 22.1. The van der Waals surface area contributed by atoms with Gasteiger partial charge in [-0.3, -0.25) is 14.8 Å². The lowest BCUT2D eigenvalue weighted by molar-refractivity contribution is -0.139. The smallest absolute Gasteiger partial charge is 0.367 e. The van der Waals surface area contributed by atoms with Crippen molar-refractivity contribution in [1.29, 1.82) is 0 Å². The highest BCUT2D eigenvalue weighted by Crippen LogP contribution is 2.37. The fourth-order valence-corrected chi connectivity index (χ4v) is 4.65. The lowest BCUT2D eigenvalue weighted by atomic mass is 10.1. The van der Waals surface area contributed by atoms with Crippen LogP contribution in [0.5, 0.6) is 0 Å². The second-order valence-corrected chi connectivity index (χ2v) is 9.77. The van der Waals surface area contributed by atoms with Crippen LogP contribution in [0.2, 0.25) is 0 Å². The summed E-state index contributed by atoms with van der Waals surface area (Å²) in [7, 11) is 3.71. The lowest BCUT2D eigenvalue weighted by Crippen LogP contribution is -2.45. The van der Waals surface area contributed by atoms with E-state index in [0.717, 1.165) is 16.8 Å². The van der Waals surface area contributed by atoms with Crippen LogP contribution in [0.3, 0.4) is 0 Å². The molecule has 2 aliphatic heterocycles. The third kappa shape index (κ3) is 5.56. The largest absolute Gasteiger partial charge is 0.419 e. The van der Waals surface area contributed by atoms with E-state index < -0.39 is 23.5 Å². The molecular weight excluding hydrogens is 528 g/mol. The van der Waals surface area contributed by atoms with Gasteiger partial charge in [0.2, 0.25) is 0 Å².